The number of ether oxygens (including phenoxy) is 1. The molecular weight excluding hydrogens is 178 g/mol. The molecule has 1 saturated carbocycles. The average Bonchev–Trinajstić information content (AvgIpc) is 2.53. The lowest BCUT2D eigenvalue weighted by Gasteiger charge is -2.26. The van der Waals surface area contributed by atoms with E-state index >= 15 is 0 Å². The van der Waals surface area contributed by atoms with Crippen LogP contribution in [0.5, 0.6) is 0 Å². The van der Waals surface area contributed by atoms with Crippen LogP contribution in [-0.4, -0.2) is 18.1 Å². The lowest BCUT2D eigenvalue weighted by molar-refractivity contribution is -0.152. The minimum Gasteiger partial charge on any atom is -0.461 e. The zero-order valence-electron chi connectivity index (χ0n) is 9.38. The van der Waals surface area contributed by atoms with Gasteiger partial charge in [-0.25, -0.2) is 0 Å². The summed E-state index contributed by atoms with van der Waals surface area (Å²) in [6.45, 7) is 5.86. The zero-order chi connectivity index (χ0) is 10.8. The third-order valence-corrected chi connectivity index (χ3v) is 2.77. The predicted molar refractivity (Wildman–Crippen MR) is 55.8 cm³/mol. The quantitative estimate of drug-likeness (QED) is 0.690. The van der Waals surface area contributed by atoms with E-state index in [-0.39, 0.29) is 17.5 Å². The van der Waals surface area contributed by atoms with Gasteiger partial charge in [-0.1, -0.05) is 20.8 Å². The van der Waals surface area contributed by atoms with Gasteiger partial charge in [-0.3, -0.25) is 4.79 Å². The summed E-state index contributed by atoms with van der Waals surface area (Å²) in [6.07, 6.45) is 4.47. The number of carbonyl (C=O) groups excluding carboxylic acids is 1. The summed E-state index contributed by atoms with van der Waals surface area (Å²) >= 11 is 0. The van der Waals surface area contributed by atoms with E-state index in [9.17, 15) is 4.79 Å². The van der Waals surface area contributed by atoms with Crippen molar-refractivity contribution in [3.8, 4) is 0 Å². The molecule has 14 heavy (non-hydrogen) atoms. The smallest absolute Gasteiger partial charge is 0.323 e. The van der Waals surface area contributed by atoms with E-state index in [1.807, 2.05) is 20.8 Å². The Labute approximate surface area is 86.0 Å². The Kier molecular flexibility index (Phi) is 3.53. The van der Waals surface area contributed by atoms with Crippen LogP contribution >= 0.6 is 0 Å². The Balaban J connectivity index is 2.41. The molecule has 1 atom stereocenters. The molecular formula is C11H21NO2. The van der Waals surface area contributed by atoms with Crippen LogP contribution in [-0.2, 0) is 9.53 Å². The van der Waals surface area contributed by atoms with Gasteiger partial charge in [-0.2, -0.15) is 0 Å². The van der Waals surface area contributed by atoms with E-state index < -0.39 is 6.04 Å². The normalized spacial score (nSPS) is 20.9. The minimum atomic E-state index is -0.511. The molecule has 2 N–H and O–H groups in total. The molecule has 0 bridgehead atoms. The fraction of sp³-hybridized carbons (Fsp3) is 0.909. The van der Waals surface area contributed by atoms with Gasteiger partial charge < -0.3 is 10.5 Å². The molecule has 0 aromatic heterocycles. The van der Waals surface area contributed by atoms with Gasteiger partial charge >= 0.3 is 5.97 Å². The van der Waals surface area contributed by atoms with Crippen molar-refractivity contribution in [2.24, 2.45) is 11.1 Å². The van der Waals surface area contributed by atoms with Gasteiger partial charge in [0.25, 0.3) is 0 Å². The third-order valence-electron chi connectivity index (χ3n) is 2.77. The summed E-state index contributed by atoms with van der Waals surface area (Å²) in [5.41, 5.74) is 5.59. The van der Waals surface area contributed by atoms with Crippen molar-refractivity contribution in [1.29, 1.82) is 0 Å². The van der Waals surface area contributed by atoms with E-state index in [1.54, 1.807) is 0 Å². The first-order chi connectivity index (χ1) is 6.41. The van der Waals surface area contributed by atoms with E-state index in [2.05, 4.69) is 0 Å². The second kappa shape index (κ2) is 4.30. The van der Waals surface area contributed by atoms with Crippen LogP contribution in [0.4, 0.5) is 0 Å². The highest BCUT2D eigenvalue weighted by Crippen LogP contribution is 2.24. The molecule has 82 valence electrons. The van der Waals surface area contributed by atoms with E-state index in [0.29, 0.717) is 0 Å². The molecule has 1 aliphatic carbocycles. The second-order valence-electron chi connectivity index (χ2n) is 5.19. The van der Waals surface area contributed by atoms with Crippen LogP contribution in [0.25, 0.3) is 0 Å². The van der Waals surface area contributed by atoms with Crippen LogP contribution in [0.3, 0.4) is 0 Å². The first-order valence-corrected chi connectivity index (χ1v) is 5.37. The predicted octanol–water partition coefficient (Wildman–Crippen LogP) is 1.85. The fourth-order valence-corrected chi connectivity index (χ4v) is 1.60. The molecule has 1 aliphatic rings. The van der Waals surface area contributed by atoms with Crippen LogP contribution in [0.15, 0.2) is 0 Å². The molecule has 1 rings (SSSR count). The molecule has 0 aromatic rings. The molecule has 3 nitrogen and oxygen atoms in total. The first kappa shape index (κ1) is 11.5. The van der Waals surface area contributed by atoms with Crippen molar-refractivity contribution in [1.82, 2.24) is 0 Å². The maximum atomic E-state index is 11.6. The monoisotopic (exact) mass is 199 g/mol. The Morgan fingerprint density at radius 1 is 1.36 bits per heavy atom. The summed E-state index contributed by atoms with van der Waals surface area (Å²) < 4.78 is 5.34. The highest BCUT2D eigenvalue weighted by atomic mass is 16.5. The molecule has 3 heteroatoms. The topological polar surface area (TPSA) is 52.3 Å². The van der Waals surface area contributed by atoms with Crippen molar-refractivity contribution < 1.29 is 9.53 Å². The Hall–Kier alpha value is -0.570. The average molecular weight is 199 g/mol. The number of esters is 1. The molecule has 0 aliphatic heterocycles. The van der Waals surface area contributed by atoms with Gasteiger partial charge in [0.2, 0.25) is 0 Å². The van der Waals surface area contributed by atoms with Gasteiger partial charge in [0.05, 0.1) is 0 Å². The Morgan fingerprint density at radius 2 is 1.86 bits per heavy atom. The van der Waals surface area contributed by atoms with Gasteiger partial charge in [0, 0.05) is 0 Å². The number of carbonyl (C=O) groups is 1. The van der Waals surface area contributed by atoms with E-state index in [1.165, 1.54) is 12.8 Å². The lowest BCUT2D eigenvalue weighted by Crippen LogP contribution is -2.44. The molecule has 0 saturated heterocycles. The number of rotatable bonds is 2. The molecule has 0 aromatic carbocycles. The molecule has 0 heterocycles. The van der Waals surface area contributed by atoms with Crippen molar-refractivity contribution in [3.63, 3.8) is 0 Å². The molecule has 0 spiro atoms. The highest BCUT2D eigenvalue weighted by molar-refractivity contribution is 5.76. The summed E-state index contributed by atoms with van der Waals surface area (Å²) in [5, 5.41) is 0. The van der Waals surface area contributed by atoms with Gasteiger partial charge in [0.15, 0.2) is 0 Å². The maximum absolute atomic E-state index is 11.6. The van der Waals surface area contributed by atoms with Crippen LogP contribution in [0.1, 0.15) is 46.5 Å². The molecule has 0 unspecified atom stereocenters. The largest absolute Gasteiger partial charge is 0.461 e. The van der Waals surface area contributed by atoms with Gasteiger partial charge in [-0.15, -0.1) is 0 Å². The van der Waals surface area contributed by atoms with Crippen molar-refractivity contribution in [2.75, 3.05) is 0 Å². The SMILES string of the molecule is CC(C)(C)[C@@H](N)C(=O)OC1CCCC1. The summed E-state index contributed by atoms with van der Waals surface area (Å²) in [7, 11) is 0. The van der Waals surface area contributed by atoms with Crippen LogP contribution < -0.4 is 5.73 Å². The molecule has 0 radical (unpaired) electrons. The standard InChI is InChI=1S/C11H21NO2/c1-11(2,3)9(12)10(13)14-8-6-4-5-7-8/h8-9H,4-7,12H2,1-3H3/t9-/m0/s1. The van der Waals surface area contributed by atoms with Crippen molar-refractivity contribution in [3.05, 3.63) is 0 Å². The lowest BCUT2D eigenvalue weighted by atomic mass is 9.87. The van der Waals surface area contributed by atoms with E-state index in [4.69, 9.17) is 10.5 Å². The number of nitrogens with two attached hydrogens (primary N) is 1. The van der Waals surface area contributed by atoms with Gasteiger partial charge in [-0.05, 0) is 31.1 Å². The Morgan fingerprint density at radius 3 is 2.29 bits per heavy atom. The zero-order valence-corrected chi connectivity index (χ0v) is 9.38. The maximum Gasteiger partial charge on any atom is 0.323 e. The summed E-state index contributed by atoms with van der Waals surface area (Å²) in [5.74, 6) is -0.246. The van der Waals surface area contributed by atoms with Crippen molar-refractivity contribution >= 4 is 5.97 Å². The fourth-order valence-electron chi connectivity index (χ4n) is 1.60. The Bertz CT molecular complexity index is 202. The highest BCUT2D eigenvalue weighted by Gasteiger charge is 2.31. The third kappa shape index (κ3) is 2.98. The van der Waals surface area contributed by atoms with Gasteiger partial charge in [0.1, 0.15) is 12.1 Å². The van der Waals surface area contributed by atoms with Crippen molar-refractivity contribution in [2.45, 2.75) is 58.6 Å². The number of hydrogen-bond donors (Lipinski definition) is 1. The summed E-state index contributed by atoms with van der Waals surface area (Å²) in [4.78, 5) is 11.6. The minimum absolute atomic E-state index is 0.121. The molecule has 1 fully saturated rings. The van der Waals surface area contributed by atoms with Crippen LogP contribution in [0.2, 0.25) is 0 Å². The van der Waals surface area contributed by atoms with Crippen LogP contribution in [0, 0.1) is 5.41 Å². The summed E-state index contributed by atoms with van der Waals surface area (Å²) in [6, 6.07) is -0.511. The first-order valence-electron chi connectivity index (χ1n) is 5.37. The second-order valence-corrected chi connectivity index (χ2v) is 5.19. The number of hydrogen-bond acceptors (Lipinski definition) is 3. The van der Waals surface area contributed by atoms with E-state index in [0.717, 1.165) is 12.8 Å². The molecule has 0 amide bonds.